The Morgan fingerprint density at radius 2 is 1.23 bits per heavy atom. The van der Waals surface area contributed by atoms with Crippen molar-refractivity contribution in [2.75, 3.05) is 27.2 Å². The van der Waals surface area contributed by atoms with Crippen molar-refractivity contribution < 1.29 is 38.4 Å². The topological polar surface area (TPSA) is 215 Å². The first-order chi connectivity index (χ1) is 32.5. The first-order valence-electron chi connectivity index (χ1n) is 24.9. The molecule has 0 radical (unpaired) electrons. The van der Waals surface area contributed by atoms with Crippen molar-refractivity contribution in [2.45, 2.75) is 168 Å². The summed E-state index contributed by atoms with van der Waals surface area (Å²) in [4.78, 5) is 114. The Hall–Kier alpha value is -5.48. The van der Waals surface area contributed by atoms with E-state index < -0.39 is 59.0 Å². The average molecular weight is 955 g/mol. The highest BCUT2D eigenvalue weighted by atomic mass is 16.2. The molecule has 16 nitrogen and oxygen atoms in total. The second-order valence-corrected chi connectivity index (χ2v) is 21.6. The minimum Gasteiger partial charge on any atom is -0.350 e. The maximum atomic E-state index is 14.6. The van der Waals surface area contributed by atoms with E-state index in [0.717, 1.165) is 24.8 Å². The summed E-state index contributed by atoms with van der Waals surface area (Å²) in [6, 6.07) is 9.68. The summed E-state index contributed by atoms with van der Waals surface area (Å²) in [6.45, 7) is 16.7. The summed E-state index contributed by atoms with van der Waals surface area (Å²) in [7, 11) is 3.32. The molecule has 69 heavy (non-hydrogen) atoms. The van der Waals surface area contributed by atoms with Crippen LogP contribution < -0.4 is 31.9 Å². The van der Waals surface area contributed by atoms with Gasteiger partial charge in [-0.3, -0.25) is 38.4 Å². The molecule has 2 heterocycles. The molecule has 3 aliphatic rings. The number of nitrogens with zero attached hydrogens (tertiary/aromatic N) is 2. The van der Waals surface area contributed by atoms with Crippen LogP contribution >= 0.6 is 0 Å². The first-order valence-corrected chi connectivity index (χ1v) is 24.9. The summed E-state index contributed by atoms with van der Waals surface area (Å²) in [6.07, 6.45) is 4.06. The number of amides is 6. The Balaban J connectivity index is 1.34. The van der Waals surface area contributed by atoms with E-state index in [-0.39, 0.29) is 91.8 Å². The standard InChI is InChI=1S/C53H78N8O8/c1-12-17-40(57-46(64)31(2)54-10)50(68)60-29-34(25-42(60)49(67)59-53(7,8)9)27-44(63)37-21-15-20-36(28-37)43(62)26-33-24-41(48(66)56-39-23-16-19-35-18-13-14-22-38(35)39)61(30-33)51(69)45(52(4,5)6)58-47(65)32(3)55-11/h13-15,18,20-22,28,31-34,39-42,45,54-55H,12,16-17,19,23-27,29-30H2,1-11H3,(H,56,66)(H,57,64)(H,58,65)(H,59,67)/t31-,32-,33+,34+,39+,40-,41-,42-,45+/m0/s1. The van der Waals surface area contributed by atoms with Gasteiger partial charge in [0.05, 0.1) is 18.1 Å². The molecule has 6 N–H and O–H groups in total. The van der Waals surface area contributed by atoms with E-state index in [0.29, 0.717) is 24.0 Å². The van der Waals surface area contributed by atoms with Gasteiger partial charge in [-0.25, -0.2) is 0 Å². The highest BCUT2D eigenvalue weighted by Crippen LogP contribution is 2.35. The van der Waals surface area contributed by atoms with Crippen molar-refractivity contribution in [3.05, 3.63) is 70.8 Å². The Bertz CT molecular complexity index is 2220. The van der Waals surface area contributed by atoms with Crippen LogP contribution in [0.3, 0.4) is 0 Å². The second-order valence-electron chi connectivity index (χ2n) is 21.6. The Morgan fingerprint density at radius 1 is 0.696 bits per heavy atom. The fourth-order valence-corrected chi connectivity index (χ4v) is 9.76. The van der Waals surface area contributed by atoms with Crippen LogP contribution in [0, 0.1) is 17.3 Å². The van der Waals surface area contributed by atoms with E-state index in [1.54, 1.807) is 52.2 Å². The van der Waals surface area contributed by atoms with Gasteiger partial charge in [-0.1, -0.05) is 76.6 Å². The normalized spacial score (nSPS) is 22.1. The summed E-state index contributed by atoms with van der Waals surface area (Å²) >= 11 is 0. The van der Waals surface area contributed by atoms with Crippen LogP contribution in [0.25, 0.3) is 0 Å². The number of likely N-dealkylation sites (N-methyl/N-ethyl adjacent to an activating group) is 2. The fourth-order valence-electron chi connectivity index (χ4n) is 9.76. The minimum absolute atomic E-state index is 0.00756. The van der Waals surface area contributed by atoms with E-state index >= 15 is 0 Å². The molecule has 0 saturated carbocycles. The number of carbonyl (C=O) groups is 8. The Labute approximate surface area is 409 Å². The number of nitrogens with one attached hydrogen (secondary N) is 6. The van der Waals surface area contributed by atoms with Gasteiger partial charge in [0, 0.05) is 42.6 Å². The van der Waals surface area contributed by atoms with Gasteiger partial charge in [-0.05, 0) is 122 Å². The molecule has 2 fully saturated rings. The van der Waals surface area contributed by atoms with Gasteiger partial charge in [0.2, 0.25) is 35.4 Å². The number of ketones is 2. The van der Waals surface area contributed by atoms with E-state index in [1.807, 2.05) is 66.7 Å². The molecule has 0 bridgehead atoms. The Kier molecular flexibility index (Phi) is 18.5. The molecule has 378 valence electrons. The third kappa shape index (κ3) is 14.1. The molecule has 0 aromatic heterocycles. The number of Topliss-reactive ketones (excluding diaryl/α,β-unsaturated/α-hetero) is 2. The van der Waals surface area contributed by atoms with Crippen LogP contribution in [0.2, 0.25) is 0 Å². The van der Waals surface area contributed by atoms with E-state index in [2.05, 4.69) is 38.0 Å². The largest absolute Gasteiger partial charge is 0.350 e. The Morgan fingerprint density at radius 3 is 1.77 bits per heavy atom. The van der Waals surface area contributed by atoms with E-state index in [1.165, 1.54) is 15.4 Å². The number of aryl methyl sites for hydroxylation is 1. The molecule has 0 unspecified atom stereocenters. The SMILES string of the molecule is CCC[C@H](NC(=O)[C@H](C)NC)C(=O)N1C[C@@H](CC(=O)c2cccc(C(=O)C[C@H]3C[C@@H](C(=O)N[C@@H]4CCCc5ccccc54)N(C(=O)[C@@H](NC(=O)[C@H](C)NC)C(C)(C)C)C3)c2)C[C@H]1C(=O)NC(C)(C)C. The molecule has 2 aliphatic heterocycles. The molecule has 9 atom stereocenters. The molecule has 6 amide bonds. The summed E-state index contributed by atoms with van der Waals surface area (Å²) in [5.41, 5.74) is 1.57. The lowest BCUT2D eigenvalue weighted by Crippen LogP contribution is -2.59. The zero-order valence-electron chi connectivity index (χ0n) is 42.8. The molecular weight excluding hydrogens is 877 g/mol. The number of benzene rings is 2. The zero-order chi connectivity index (χ0) is 51.0. The third-order valence-corrected chi connectivity index (χ3v) is 13.8. The maximum absolute atomic E-state index is 14.6. The second kappa shape index (κ2) is 23.4. The van der Waals surface area contributed by atoms with Gasteiger partial charge in [0.1, 0.15) is 24.2 Å². The van der Waals surface area contributed by atoms with Crippen LogP contribution in [-0.2, 0) is 35.2 Å². The number of rotatable bonds is 19. The maximum Gasteiger partial charge on any atom is 0.246 e. The van der Waals surface area contributed by atoms with Crippen LogP contribution in [-0.4, -0.2) is 126 Å². The van der Waals surface area contributed by atoms with Crippen LogP contribution in [0.1, 0.15) is 152 Å². The van der Waals surface area contributed by atoms with Gasteiger partial charge in [-0.2, -0.15) is 0 Å². The van der Waals surface area contributed by atoms with Gasteiger partial charge in [-0.15, -0.1) is 0 Å². The molecular formula is C53H78N8O8. The average Bonchev–Trinajstić information content (AvgIpc) is 3.93. The van der Waals surface area contributed by atoms with Crippen LogP contribution in [0.15, 0.2) is 48.5 Å². The molecule has 2 saturated heterocycles. The number of carbonyl (C=O) groups excluding carboxylic acids is 8. The quantitative estimate of drug-likeness (QED) is 0.109. The van der Waals surface area contributed by atoms with E-state index in [4.69, 9.17) is 0 Å². The van der Waals surface area contributed by atoms with Crippen molar-refractivity contribution in [2.24, 2.45) is 17.3 Å². The monoisotopic (exact) mass is 955 g/mol. The summed E-state index contributed by atoms with van der Waals surface area (Å²) < 4.78 is 0. The molecule has 0 spiro atoms. The minimum atomic E-state index is -0.956. The van der Waals surface area contributed by atoms with Crippen molar-refractivity contribution in [3.8, 4) is 0 Å². The van der Waals surface area contributed by atoms with E-state index in [9.17, 15) is 38.4 Å². The number of hydrogen-bond donors (Lipinski definition) is 6. The predicted molar refractivity (Wildman–Crippen MR) is 265 cm³/mol. The van der Waals surface area contributed by atoms with Crippen LogP contribution in [0.4, 0.5) is 0 Å². The lowest BCUT2D eigenvalue weighted by atomic mass is 9.85. The van der Waals surface area contributed by atoms with Gasteiger partial charge in [0.15, 0.2) is 11.6 Å². The molecule has 16 heteroatoms. The number of fused-ring (bicyclic) bond motifs is 1. The molecule has 5 rings (SSSR count). The smallest absolute Gasteiger partial charge is 0.246 e. The summed E-state index contributed by atoms with van der Waals surface area (Å²) in [5, 5.41) is 17.8. The van der Waals surface area contributed by atoms with Gasteiger partial charge in [0.25, 0.3) is 0 Å². The lowest BCUT2D eigenvalue weighted by Gasteiger charge is -2.36. The zero-order valence-corrected chi connectivity index (χ0v) is 42.8. The molecule has 1 aliphatic carbocycles. The lowest BCUT2D eigenvalue weighted by molar-refractivity contribution is -0.144. The highest BCUT2D eigenvalue weighted by molar-refractivity contribution is 6.02. The molecule has 2 aromatic rings. The van der Waals surface area contributed by atoms with Gasteiger partial charge < -0.3 is 41.7 Å². The predicted octanol–water partition coefficient (Wildman–Crippen LogP) is 4.41. The van der Waals surface area contributed by atoms with Gasteiger partial charge >= 0.3 is 0 Å². The highest BCUT2D eigenvalue weighted by Gasteiger charge is 2.47. The molecule has 2 aromatic carbocycles. The first kappa shape index (κ1) is 54.5. The number of hydrogen-bond acceptors (Lipinski definition) is 10. The number of likely N-dealkylation sites (tertiary alicyclic amines) is 2. The fraction of sp³-hybridized carbons (Fsp3) is 0.623. The third-order valence-electron chi connectivity index (χ3n) is 13.8. The van der Waals surface area contributed by atoms with Crippen LogP contribution in [0.5, 0.6) is 0 Å². The van der Waals surface area contributed by atoms with Crippen molar-refractivity contribution in [1.29, 1.82) is 0 Å². The van der Waals surface area contributed by atoms with Crippen molar-refractivity contribution in [3.63, 3.8) is 0 Å². The van der Waals surface area contributed by atoms with Crippen molar-refractivity contribution >= 4 is 47.0 Å². The summed E-state index contributed by atoms with van der Waals surface area (Å²) in [5.74, 6) is -3.38. The van der Waals surface area contributed by atoms with Crippen molar-refractivity contribution in [1.82, 2.24) is 41.7 Å².